The molecule has 22 heavy (non-hydrogen) atoms. The van der Waals surface area contributed by atoms with Crippen molar-refractivity contribution >= 4 is 51.9 Å². The first-order chi connectivity index (χ1) is 10.1. The minimum atomic E-state index is -0.474. The van der Waals surface area contributed by atoms with Crippen molar-refractivity contribution in [1.82, 2.24) is 0 Å². The van der Waals surface area contributed by atoms with Gasteiger partial charge in [-0.3, -0.25) is 9.59 Å². The van der Waals surface area contributed by atoms with E-state index in [9.17, 15) is 9.59 Å². The van der Waals surface area contributed by atoms with Gasteiger partial charge >= 0.3 is 29.6 Å². The second-order valence-electron chi connectivity index (χ2n) is 5.44. The van der Waals surface area contributed by atoms with Gasteiger partial charge in [0.15, 0.2) is 0 Å². The summed E-state index contributed by atoms with van der Waals surface area (Å²) in [6.45, 7) is 3.77. The Balaban J connectivity index is 0.00000144. The number of fused-ring (bicyclic) bond motifs is 5. The Bertz CT molecular complexity index is 950. The molecule has 1 aromatic heterocycles. The maximum absolute atomic E-state index is 12.6. The molecule has 0 N–H and O–H groups in total. The Morgan fingerprint density at radius 1 is 0.818 bits per heavy atom. The SMILES string of the molecule is Cc1coc2c1C(=O)C(=O)c1c-2ccc2c(C)cccc12.[NaH]. The fourth-order valence-corrected chi connectivity index (χ4v) is 3.10. The molecule has 2 aromatic carbocycles. The van der Waals surface area contributed by atoms with Gasteiger partial charge in [0, 0.05) is 11.1 Å². The van der Waals surface area contributed by atoms with E-state index in [1.54, 1.807) is 6.92 Å². The first kappa shape index (κ1) is 15.2. The van der Waals surface area contributed by atoms with Crippen LogP contribution in [0.4, 0.5) is 0 Å². The average molecular weight is 300 g/mol. The first-order valence-corrected chi connectivity index (χ1v) is 6.79. The summed E-state index contributed by atoms with van der Waals surface area (Å²) < 4.78 is 5.54. The Labute approximate surface area is 149 Å². The molecular weight excluding hydrogens is 287 g/mol. The van der Waals surface area contributed by atoms with Gasteiger partial charge in [-0.15, -0.1) is 0 Å². The summed E-state index contributed by atoms with van der Waals surface area (Å²) in [5.41, 5.74) is 3.36. The van der Waals surface area contributed by atoms with Gasteiger partial charge in [0.1, 0.15) is 5.76 Å². The Morgan fingerprint density at radius 2 is 1.55 bits per heavy atom. The van der Waals surface area contributed by atoms with Crippen molar-refractivity contribution in [2.45, 2.75) is 13.8 Å². The molecule has 0 saturated heterocycles. The van der Waals surface area contributed by atoms with E-state index < -0.39 is 11.6 Å². The van der Waals surface area contributed by atoms with Crippen LogP contribution < -0.4 is 0 Å². The van der Waals surface area contributed by atoms with Crippen LogP contribution in [0.3, 0.4) is 0 Å². The maximum atomic E-state index is 12.6. The Kier molecular flexibility index (Phi) is 3.60. The summed E-state index contributed by atoms with van der Waals surface area (Å²) in [5, 5.41) is 1.80. The fourth-order valence-electron chi connectivity index (χ4n) is 3.10. The van der Waals surface area contributed by atoms with Gasteiger partial charge in [0.2, 0.25) is 11.6 Å². The predicted molar refractivity (Wildman–Crippen MR) is 86.9 cm³/mol. The van der Waals surface area contributed by atoms with Crippen molar-refractivity contribution in [1.29, 1.82) is 0 Å². The number of aryl methyl sites for hydroxylation is 2. The van der Waals surface area contributed by atoms with Crippen LogP contribution in [0, 0.1) is 13.8 Å². The number of ketones is 2. The number of carbonyl (C=O) groups excluding carboxylic acids is 2. The molecule has 0 unspecified atom stereocenters. The quantitative estimate of drug-likeness (QED) is 0.472. The summed E-state index contributed by atoms with van der Waals surface area (Å²) in [5.74, 6) is -0.411. The van der Waals surface area contributed by atoms with E-state index in [0.29, 0.717) is 28.0 Å². The van der Waals surface area contributed by atoms with E-state index in [0.717, 1.165) is 16.3 Å². The molecule has 4 rings (SSSR count). The third kappa shape index (κ3) is 1.86. The Hall–Kier alpha value is -1.68. The number of rotatable bonds is 0. The van der Waals surface area contributed by atoms with Crippen molar-refractivity contribution in [3.05, 3.63) is 58.8 Å². The molecule has 0 aliphatic heterocycles. The number of hydrogen-bond acceptors (Lipinski definition) is 3. The molecule has 104 valence electrons. The van der Waals surface area contributed by atoms with Crippen molar-refractivity contribution in [3.8, 4) is 11.3 Å². The summed E-state index contributed by atoms with van der Waals surface area (Å²) in [7, 11) is 0. The number of benzene rings is 2. The van der Waals surface area contributed by atoms with Gasteiger partial charge in [0.25, 0.3) is 0 Å². The van der Waals surface area contributed by atoms with Crippen molar-refractivity contribution in [2.75, 3.05) is 0 Å². The van der Waals surface area contributed by atoms with Gasteiger partial charge in [-0.25, -0.2) is 0 Å². The van der Waals surface area contributed by atoms with Gasteiger partial charge in [-0.2, -0.15) is 0 Å². The number of carbonyl (C=O) groups is 2. The number of Topliss-reactive ketones (excluding diaryl/α,β-unsaturated/α-hetero) is 2. The van der Waals surface area contributed by atoms with Crippen LogP contribution in [0.25, 0.3) is 22.1 Å². The molecule has 0 amide bonds. The van der Waals surface area contributed by atoms with E-state index in [1.165, 1.54) is 6.26 Å². The van der Waals surface area contributed by atoms with Gasteiger partial charge < -0.3 is 4.42 Å². The van der Waals surface area contributed by atoms with Crippen molar-refractivity contribution in [3.63, 3.8) is 0 Å². The molecule has 0 spiro atoms. The van der Waals surface area contributed by atoms with Crippen LogP contribution in [-0.4, -0.2) is 41.1 Å². The summed E-state index contributed by atoms with van der Waals surface area (Å²) in [6.07, 6.45) is 1.53. The molecule has 4 heteroatoms. The van der Waals surface area contributed by atoms with E-state index in [2.05, 4.69) is 0 Å². The normalized spacial score (nSPS) is 12.8. The third-order valence-corrected chi connectivity index (χ3v) is 4.16. The molecule has 3 aromatic rings. The molecule has 0 atom stereocenters. The van der Waals surface area contributed by atoms with E-state index >= 15 is 0 Å². The molecule has 1 aliphatic rings. The summed E-state index contributed by atoms with van der Waals surface area (Å²) in [4.78, 5) is 24.9. The van der Waals surface area contributed by atoms with Crippen LogP contribution in [0.5, 0.6) is 0 Å². The first-order valence-electron chi connectivity index (χ1n) is 6.79. The summed E-state index contributed by atoms with van der Waals surface area (Å²) in [6, 6.07) is 9.63. The zero-order chi connectivity index (χ0) is 14.7. The molecule has 0 radical (unpaired) electrons. The van der Waals surface area contributed by atoms with Gasteiger partial charge in [-0.05, 0) is 41.8 Å². The van der Waals surface area contributed by atoms with Crippen LogP contribution in [0.2, 0.25) is 0 Å². The summed E-state index contributed by atoms with van der Waals surface area (Å²) >= 11 is 0. The van der Waals surface area contributed by atoms with E-state index in [-0.39, 0.29) is 29.6 Å². The second-order valence-corrected chi connectivity index (χ2v) is 5.44. The van der Waals surface area contributed by atoms with E-state index in [4.69, 9.17) is 4.42 Å². The predicted octanol–water partition coefficient (Wildman–Crippen LogP) is 3.45. The van der Waals surface area contributed by atoms with Crippen LogP contribution in [0.15, 0.2) is 41.0 Å². The zero-order valence-electron chi connectivity index (χ0n) is 11.7. The molecule has 1 heterocycles. The van der Waals surface area contributed by atoms with Crippen molar-refractivity contribution < 1.29 is 14.0 Å². The minimum absolute atomic E-state index is 0. The van der Waals surface area contributed by atoms with Gasteiger partial charge in [0.05, 0.1) is 11.8 Å². The zero-order valence-corrected chi connectivity index (χ0v) is 11.7. The topological polar surface area (TPSA) is 47.3 Å². The molecule has 1 aliphatic carbocycles. The molecular formula is C18H13NaO3. The molecule has 3 nitrogen and oxygen atoms in total. The van der Waals surface area contributed by atoms with Crippen LogP contribution in [0.1, 0.15) is 31.8 Å². The van der Waals surface area contributed by atoms with Crippen LogP contribution >= 0.6 is 0 Å². The average Bonchev–Trinajstić information content (AvgIpc) is 2.86. The monoisotopic (exact) mass is 300 g/mol. The number of hydrogen-bond donors (Lipinski definition) is 0. The Morgan fingerprint density at radius 3 is 2.32 bits per heavy atom. The third-order valence-electron chi connectivity index (χ3n) is 4.16. The standard InChI is InChI=1S/C18H12O3.Na.H/c1-9-4-3-5-12-11(9)6-7-13-15(12)17(20)16(19)14-10(2)8-21-18(13)14;;/h3-8H,1-2H3;;. The van der Waals surface area contributed by atoms with E-state index in [1.807, 2.05) is 37.3 Å². The molecule has 0 bridgehead atoms. The van der Waals surface area contributed by atoms with Gasteiger partial charge in [-0.1, -0.05) is 24.3 Å². The fraction of sp³-hybridized carbons (Fsp3) is 0.111. The second kappa shape index (κ2) is 5.20. The molecule has 0 saturated carbocycles. The van der Waals surface area contributed by atoms with Crippen molar-refractivity contribution in [2.24, 2.45) is 0 Å². The number of furan rings is 1. The van der Waals surface area contributed by atoms with Crippen LogP contribution in [-0.2, 0) is 0 Å². The molecule has 0 fully saturated rings.